The summed E-state index contributed by atoms with van der Waals surface area (Å²) in [4.78, 5) is 38.0. The van der Waals surface area contributed by atoms with E-state index in [1.165, 1.54) is 18.4 Å². The topological polar surface area (TPSA) is 162 Å². The maximum atomic E-state index is 12.4. The van der Waals surface area contributed by atoms with Crippen LogP contribution in [0.15, 0.2) is 16.6 Å². The van der Waals surface area contributed by atoms with E-state index < -0.39 is 12.0 Å². The van der Waals surface area contributed by atoms with Gasteiger partial charge in [0.1, 0.15) is 11.8 Å². The van der Waals surface area contributed by atoms with E-state index in [0.29, 0.717) is 48.7 Å². The predicted octanol–water partition coefficient (Wildman–Crippen LogP) is 2.54. The van der Waals surface area contributed by atoms with E-state index in [0.717, 1.165) is 38.5 Å². The molecular weight excluding hydrogens is 486 g/mol. The molecule has 0 aromatic carbocycles. The van der Waals surface area contributed by atoms with Crippen LogP contribution in [0, 0.1) is 28.6 Å². The van der Waals surface area contributed by atoms with Gasteiger partial charge in [-0.25, -0.2) is 0 Å². The Balaban J connectivity index is 0.000000274. The zero-order chi connectivity index (χ0) is 24.4. The normalized spacial score (nSPS) is 34.7. The fraction of sp³-hybridized carbons (Fsp3) is 0.760. The van der Waals surface area contributed by atoms with Crippen molar-refractivity contribution in [3.8, 4) is 0 Å². The quantitative estimate of drug-likeness (QED) is 0.185. The number of ketones is 2. The number of carboxylic acids is 1. The average Bonchev–Trinajstić information content (AvgIpc) is 3.06. The number of fused-ring (bicyclic) bond motifs is 5. The Hall–Kier alpha value is -1.60. The molecule has 0 aromatic rings. The van der Waals surface area contributed by atoms with Gasteiger partial charge in [0.2, 0.25) is 0 Å². The summed E-state index contributed by atoms with van der Waals surface area (Å²) in [5.41, 5.74) is 17.0. The van der Waals surface area contributed by atoms with E-state index >= 15 is 0 Å². The average molecular weight is 526 g/mol. The van der Waals surface area contributed by atoms with Gasteiger partial charge >= 0.3 is 5.97 Å². The van der Waals surface area contributed by atoms with Gasteiger partial charge in [0, 0.05) is 44.3 Å². The van der Waals surface area contributed by atoms with Crippen molar-refractivity contribution in [2.75, 3.05) is 6.54 Å². The van der Waals surface area contributed by atoms with Crippen molar-refractivity contribution in [3.05, 3.63) is 11.6 Å². The Morgan fingerprint density at radius 3 is 2.41 bits per heavy atom. The summed E-state index contributed by atoms with van der Waals surface area (Å²) in [6, 6.07) is -0.820. The molecule has 186 valence electrons. The monoisotopic (exact) mass is 524 g/mol. The minimum Gasteiger partial charge on any atom is -0.480 e. The number of aliphatic imine (C=N–C) groups is 1. The van der Waals surface area contributed by atoms with E-state index in [9.17, 15) is 14.4 Å². The zero-order valence-corrected chi connectivity index (χ0v) is 23.7. The third-order valence-electron chi connectivity index (χ3n) is 8.96. The molecule has 0 unspecified atom stereocenters. The first-order valence-electron chi connectivity index (χ1n) is 12.3. The van der Waals surface area contributed by atoms with Crippen LogP contribution in [0.3, 0.4) is 0 Å². The molecule has 3 saturated carbocycles. The van der Waals surface area contributed by atoms with Gasteiger partial charge in [-0.05, 0) is 80.6 Å². The molecule has 0 amide bonds. The number of nitrogens with two attached hydrogens (primary N) is 3. The van der Waals surface area contributed by atoms with Gasteiger partial charge in [0.05, 0.1) is 0 Å². The summed E-state index contributed by atoms with van der Waals surface area (Å²) < 4.78 is 0. The molecule has 0 aliphatic heterocycles. The molecule has 0 bridgehead atoms. The van der Waals surface area contributed by atoms with Gasteiger partial charge in [0.25, 0.3) is 0 Å². The number of nitrogens with zero attached hydrogens (tertiary/aromatic N) is 1. The van der Waals surface area contributed by atoms with Crippen molar-refractivity contribution in [1.82, 2.24) is 0 Å². The fourth-order valence-corrected chi connectivity index (χ4v) is 6.97. The molecule has 0 aromatic heterocycles. The maximum absolute atomic E-state index is 12.4. The Kier molecular flexibility index (Phi) is 9.62. The van der Waals surface area contributed by atoms with Crippen LogP contribution in [0.1, 0.15) is 78.1 Å². The van der Waals surface area contributed by atoms with Gasteiger partial charge in [-0.1, -0.05) is 19.4 Å². The molecule has 0 saturated heterocycles. The molecule has 9 heteroatoms. The van der Waals surface area contributed by atoms with Crippen molar-refractivity contribution in [2.24, 2.45) is 50.8 Å². The molecular formula is C25H40N4O4Zn. The first-order valence-corrected chi connectivity index (χ1v) is 12.3. The number of carbonyl (C=O) groups is 3. The van der Waals surface area contributed by atoms with Gasteiger partial charge < -0.3 is 22.3 Å². The molecule has 4 rings (SSSR count). The Morgan fingerprint density at radius 2 is 1.76 bits per heavy atom. The van der Waals surface area contributed by atoms with E-state index in [1.54, 1.807) is 0 Å². The second kappa shape index (κ2) is 11.4. The van der Waals surface area contributed by atoms with Gasteiger partial charge in [-0.3, -0.25) is 19.4 Å². The van der Waals surface area contributed by atoms with Crippen LogP contribution in [-0.2, 0) is 33.9 Å². The van der Waals surface area contributed by atoms with E-state index in [1.807, 2.05) is 6.08 Å². The van der Waals surface area contributed by atoms with Crippen molar-refractivity contribution < 1.29 is 39.0 Å². The van der Waals surface area contributed by atoms with Crippen molar-refractivity contribution in [3.63, 3.8) is 0 Å². The number of hydrogen-bond donors (Lipinski definition) is 4. The third kappa shape index (κ3) is 5.79. The molecule has 0 spiro atoms. The summed E-state index contributed by atoms with van der Waals surface area (Å²) in [6.45, 7) is 5.06. The number of carboxylic acid groups (broad SMARTS) is 1. The summed E-state index contributed by atoms with van der Waals surface area (Å²) in [5, 5.41) is 8.38. The minimum atomic E-state index is -1.00. The van der Waals surface area contributed by atoms with Crippen LogP contribution in [0.4, 0.5) is 0 Å². The maximum Gasteiger partial charge on any atom is 0.320 e. The van der Waals surface area contributed by atoms with Crippen LogP contribution in [0.2, 0.25) is 0 Å². The molecule has 4 aliphatic carbocycles. The van der Waals surface area contributed by atoms with E-state index in [2.05, 4.69) is 18.8 Å². The van der Waals surface area contributed by atoms with E-state index in [-0.39, 0.29) is 36.3 Å². The molecule has 8 nitrogen and oxygen atoms in total. The second-order valence-corrected chi connectivity index (χ2v) is 10.8. The van der Waals surface area contributed by atoms with Crippen LogP contribution in [0.5, 0.6) is 0 Å². The Morgan fingerprint density at radius 1 is 1.09 bits per heavy atom. The smallest absolute Gasteiger partial charge is 0.320 e. The first kappa shape index (κ1) is 28.6. The number of allylic oxidation sites excluding steroid dienone is 1. The summed E-state index contributed by atoms with van der Waals surface area (Å²) >= 11 is 0. The number of aliphatic carboxylic acids is 1. The van der Waals surface area contributed by atoms with Crippen LogP contribution in [-0.4, -0.2) is 41.2 Å². The number of rotatable bonds is 5. The van der Waals surface area contributed by atoms with Crippen molar-refractivity contribution in [1.29, 1.82) is 0 Å². The summed E-state index contributed by atoms with van der Waals surface area (Å²) in [6.07, 6.45) is 11.2. The minimum absolute atomic E-state index is 0. The van der Waals surface area contributed by atoms with Crippen molar-refractivity contribution >= 4 is 23.5 Å². The Labute approximate surface area is 215 Å². The first-order chi connectivity index (χ1) is 15.5. The number of hydrogen-bond acceptors (Lipinski definition) is 5. The third-order valence-corrected chi connectivity index (χ3v) is 8.96. The molecule has 34 heavy (non-hydrogen) atoms. The summed E-state index contributed by atoms with van der Waals surface area (Å²) in [5.74, 6) is 1.90. The fourth-order valence-electron chi connectivity index (χ4n) is 6.97. The van der Waals surface area contributed by atoms with Crippen LogP contribution < -0.4 is 17.2 Å². The second-order valence-electron chi connectivity index (χ2n) is 10.8. The molecule has 4 aliphatic rings. The predicted molar refractivity (Wildman–Crippen MR) is 127 cm³/mol. The summed E-state index contributed by atoms with van der Waals surface area (Å²) in [7, 11) is 0. The van der Waals surface area contributed by atoms with Crippen LogP contribution >= 0.6 is 0 Å². The molecule has 0 heterocycles. The van der Waals surface area contributed by atoms with Crippen molar-refractivity contribution in [2.45, 2.75) is 84.1 Å². The van der Waals surface area contributed by atoms with E-state index in [4.69, 9.17) is 22.3 Å². The molecule has 0 radical (unpaired) electrons. The van der Waals surface area contributed by atoms with Gasteiger partial charge in [-0.15, -0.1) is 0 Å². The SMILES string of the molecule is C[C@]12CCC(=O)C=C1CC[C@@H]1[C@@H]2CC[C@]2(C)C(=O)CC[C@@H]12.NC(N)=NCCC[C@H](N)C(=O)O.[Zn]. The molecule has 3 fully saturated rings. The zero-order valence-electron chi connectivity index (χ0n) is 20.7. The Bertz CT molecular complexity index is 856. The van der Waals surface area contributed by atoms with Crippen LogP contribution in [0.25, 0.3) is 0 Å². The molecule has 7 N–H and O–H groups in total. The standard InChI is InChI=1S/C19H26O2.C6H14N4O2.Zn/c1-18-9-7-13(20)11-12(18)3-4-14-15-5-6-17(21)19(15,2)10-8-16(14)18;7-4(5(11)12)2-1-3-10-6(8)9;/h11,14-16H,3-10H2,1-2H3;4H,1-3,7H2,(H,11,12)(H4,8,9,10);/t14-,15-,16-,18-,19-;4-;/m00./s1. The van der Waals surface area contributed by atoms with Gasteiger partial charge in [-0.2, -0.15) is 0 Å². The largest absolute Gasteiger partial charge is 0.480 e. The molecule has 6 atom stereocenters. The number of Topliss-reactive ketones (excluding diaryl/α,β-unsaturated/α-hetero) is 1. The van der Waals surface area contributed by atoms with Gasteiger partial charge in [0.15, 0.2) is 11.7 Å². The number of guanidine groups is 1. The number of carbonyl (C=O) groups excluding carboxylic acids is 2.